The Morgan fingerprint density at radius 1 is 1.08 bits per heavy atom. The van der Waals surface area contributed by atoms with Gasteiger partial charge in [0.1, 0.15) is 0 Å². The van der Waals surface area contributed by atoms with E-state index in [0.29, 0.717) is 17.8 Å². The van der Waals surface area contributed by atoms with E-state index < -0.39 is 0 Å². The molecule has 25 heavy (non-hydrogen) atoms. The lowest BCUT2D eigenvalue weighted by Gasteiger charge is -2.15. The number of carbonyl (C=O) groups excluding carboxylic acids is 2. The molecule has 0 saturated heterocycles. The number of nitrogens with one attached hydrogen (secondary N) is 2. The highest BCUT2D eigenvalue weighted by Crippen LogP contribution is 2.20. The third kappa shape index (κ3) is 5.16. The van der Waals surface area contributed by atoms with Crippen molar-refractivity contribution in [3.63, 3.8) is 0 Å². The average molecular weight is 339 g/mol. The number of hydrogen-bond acceptors (Lipinski definition) is 3. The number of benzene rings is 2. The summed E-state index contributed by atoms with van der Waals surface area (Å²) in [6, 6.07) is 15.4. The van der Waals surface area contributed by atoms with Crippen LogP contribution in [0.2, 0.25) is 0 Å². The smallest absolute Gasteiger partial charge is 0.253 e. The Labute approximate surface area is 148 Å². The van der Waals surface area contributed by atoms with Crippen LogP contribution in [0.25, 0.3) is 0 Å². The van der Waals surface area contributed by atoms with E-state index >= 15 is 0 Å². The first-order valence-corrected chi connectivity index (χ1v) is 8.45. The fourth-order valence-electron chi connectivity index (χ4n) is 2.49. The first-order chi connectivity index (χ1) is 12.0. The van der Waals surface area contributed by atoms with E-state index in [1.54, 1.807) is 13.0 Å². The maximum atomic E-state index is 12.6. The van der Waals surface area contributed by atoms with Crippen molar-refractivity contribution in [3.05, 3.63) is 65.2 Å². The van der Waals surface area contributed by atoms with Crippen LogP contribution in [0.4, 0.5) is 5.69 Å². The van der Waals surface area contributed by atoms with Crippen LogP contribution in [0.15, 0.2) is 48.5 Å². The van der Waals surface area contributed by atoms with Crippen molar-refractivity contribution in [2.45, 2.75) is 20.3 Å². The van der Waals surface area contributed by atoms with Gasteiger partial charge in [-0.3, -0.25) is 9.59 Å². The molecule has 1 atom stereocenters. The molecule has 132 valence electrons. The van der Waals surface area contributed by atoms with Crippen LogP contribution in [0.5, 0.6) is 0 Å². The van der Waals surface area contributed by atoms with E-state index in [-0.39, 0.29) is 24.3 Å². The molecule has 0 saturated carbocycles. The zero-order chi connectivity index (χ0) is 18.2. The SMILES string of the molecule is Cc1cccc(NC(=O)C(C)CN)c1C(=O)NCCc1ccccc1. The van der Waals surface area contributed by atoms with Gasteiger partial charge in [0.25, 0.3) is 5.91 Å². The molecule has 4 N–H and O–H groups in total. The minimum atomic E-state index is -0.311. The van der Waals surface area contributed by atoms with Gasteiger partial charge in [0.05, 0.1) is 11.3 Å². The van der Waals surface area contributed by atoms with Crippen LogP contribution >= 0.6 is 0 Å². The lowest BCUT2D eigenvalue weighted by molar-refractivity contribution is -0.119. The number of rotatable bonds is 7. The van der Waals surface area contributed by atoms with E-state index in [9.17, 15) is 9.59 Å². The molecular formula is C20H25N3O2. The third-order valence-corrected chi connectivity index (χ3v) is 4.10. The molecule has 1 unspecified atom stereocenters. The monoisotopic (exact) mass is 339 g/mol. The van der Waals surface area contributed by atoms with E-state index in [1.165, 1.54) is 0 Å². The molecule has 5 heteroatoms. The summed E-state index contributed by atoms with van der Waals surface area (Å²) in [6.07, 6.45) is 0.754. The Kier molecular flexibility index (Phi) is 6.71. The van der Waals surface area contributed by atoms with Crippen LogP contribution in [0, 0.1) is 12.8 Å². The lowest BCUT2D eigenvalue weighted by Crippen LogP contribution is -2.30. The Morgan fingerprint density at radius 3 is 2.48 bits per heavy atom. The van der Waals surface area contributed by atoms with Gasteiger partial charge in [0.2, 0.25) is 5.91 Å². The van der Waals surface area contributed by atoms with Crippen molar-refractivity contribution in [1.29, 1.82) is 0 Å². The van der Waals surface area contributed by atoms with E-state index in [0.717, 1.165) is 17.5 Å². The molecule has 0 heterocycles. The standard InChI is InChI=1S/C20H25N3O2/c1-14-7-6-10-17(23-19(24)15(2)13-21)18(14)20(25)22-12-11-16-8-4-3-5-9-16/h3-10,15H,11-13,21H2,1-2H3,(H,22,25)(H,23,24). The molecule has 0 bridgehead atoms. The highest BCUT2D eigenvalue weighted by molar-refractivity contribution is 6.05. The minimum absolute atomic E-state index is 0.188. The normalized spacial score (nSPS) is 11.6. The second-order valence-electron chi connectivity index (χ2n) is 6.11. The summed E-state index contributed by atoms with van der Waals surface area (Å²) in [7, 11) is 0. The summed E-state index contributed by atoms with van der Waals surface area (Å²) in [4.78, 5) is 24.7. The van der Waals surface area contributed by atoms with Gasteiger partial charge in [-0.05, 0) is 30.5 Å². The van der Waals surface area contributed by atoms with Crippen molar-refractivity contribution in [1.82, 2.24) is 5.32 Å². The molecule has 0 fully saturated rings. The Bertz CT molecular complexity index is 729. The van der Waals surface area contributed by atoms with Crippen molar-refractivity contribution in [2.24, 2.45) is 11.7 Å². The molecular weight excluding hydrogens is 314 g/mol. The van der Waals surface area contributed by atoms with E-state index in [4.69, 9.17) is 5.73 Å². The van der Waals surface area contributed by atoms with Crippen LogP contribution in [0.1, 0.15) is 28.4 Å². The largest absolute Gasteiger partial charge is 0.352 e. The predicted molar refractivity (Wildman–Crippen MR) is 101 cm³/mol. The predicted octanol–water partition coefficient (Wildman–Crippen LogP) is 2.50. The number of amides is 2. The molecule has 0 aliphatic rings. The Balaban J connectivity index is 2.06. The maximum absolute atomic E-state index is 12.6. The van der Waals surface area contributed by atoms with Gasteiger partial charge in [0, 0.05) is 19.0 Å². The van der Waals surface area contributed by atoms with Gasteiger partial charge in [-0.1, -0.05) is 49.4 Å². The van der Waals surface area contributed by atoms with Gasteiger partial charge in [-0.15, -0.1) is 0 Å². The van der Waals surface area contributed by atoms with E-state index in [2.05, 4.69) is 10.6 Å². The first kappa shape index (κ1) is 18.7. The summed E-state index contributed by atoms with van der Waals surface area (Å²) in [5, 5.41) is 5.74. The summed E-state index contributed by atoms with van der Waals surface area (Å²) >= 11 is 0. The third-order valence-electron chi connectivity index (χ3n) is 4.10. The fourth-order valence-corrected chi connectivity index (χ4v) is 2.49. The molecule has 2 rings (SSSR count). The highest BCUT2D eigenvalue weighted by atomic mass is 16.2. The first-order valence-electron chi connectivity index (χ1n) is 8.45. The zero-order valence-electron chi connectivity index (χ0n) is 14.7. The molecule has 0 aliphatic carbocycles. The summed E-state index contributed by atoms with van der Waals surface area (Å²) in [6.45, 7) is 4.40. The van der Waals surface area contributed by atoms with Gasteiger partial charge in [0.15, 0.2) is 0 Å². The summed E-state index contributed by atoms with van der Waals surface area (Å²) in [5.74, 6) is -0.689. The van der Waals surface area contributed by atoms with Crippen LogP contribution in [0.3, 0.4) is 0 Å². The van der Waals surface area contributed by atoms with Crippen molar-refractivity contribution in [2.75, 3.05) is 18.4 Å². The molecule has 2 aromatic rings. The van der Waals surface area contributed by atoms with Gasteiger partial charge < -0.3 is 16.4 Å². The molecule has 2 aromatic carbocycles. The molecule has 0 radical (unpaired) electrons. The Hall–Kier alpha value is -2.66. The molecule has 0 aromatic heterocycles. The Morgan fingerprint density at radius 2 is 1.80 bits per heavy atom. The van der Waals surface area contributed by atoms with Crippen LogP contribution in [-0.4, -0.2) is 24.9 Å². The lowest BCUT2D eigenvalue weighted by atomic mass is 10.0. The van der Waals surface area contributed by atoms with Crippen LogP contribution < -0.4 is 16.4 Å². The number of nitrogens with two attached hydrogens (primary N) is 1. The number of hydrogen-bond donors (Lipinski definition) is 3. The minimum Gasteiger partial charge on any atom is -0.352 e. The summed E-state index contributed by atoms with van der Waals surface area (Å²) < 4.78 is 0. The second-order valence-corrected chi connectivity index (χ2v) is 6.11. The quantitative estimate of drug-likeness (QED) is 0.724. The molecule has 2 amide bonds. The maximum Gasteiger partial charge on any atom is 0.253 e. The summed E-state index contributed by atoms with van der Waals surface area (Å²) in [5.41, 5.74) is 8.52. The number of anilines is 1. The van der Waals surface area contributed by atoms with Gasteiger partial charge >= 0.3 is 0 Å². The topological polar surface area (TPSA) is 84.2 Å². The molecule has 0 spiro atoms. The zero-order valence-corrected chi connectivity index (χ0v) is 14.7. The van der Waals surface area contributed by atoms with Gasteiger partial charge in [-0.2, -0.15) is 0 Å². The number of aryl methyl sites for hydroxylation is 1. The average Bonchev–Trinajstić information content (AvgIpc) is 2.61. The van der Waals surface area contributed by atoms with Crippen LogP contribution in [-0.2, 0) is 11.2 Å². The van der Waals surface area contributed by atoms with Gasteiger partial charge in [-0.25, -0.2) is 0 Å². The molecule has 5 nitrogen and oxygen atoms in total. The highest BCUT2D eigenvalue weighted by Gasteiger charge is 2.18. The fraction of sp³-hybridized carbons (Fsp3) is 0.300. The van der Waals surface area contributed by atoms with Crippen molar-refractivity contribution in [3.8, 4) is 0 Å². The van der Waals surface area contributed by atoms with E-state index in [1.807, 2.05) is 49.4 Å². The van der Waals surface area contributed by atoms with Crippen molar-refractivity contribution < 1.29 is 9.59 Å². The molecule has 0 aliphatic heterocycles. The van der Waals surface area contributed by atoms with Crippen molar-refractivity contribution >= 4 is 17.5 Å². The number of carbonyl (C=O) groups is 2. The second kappa shape index (κ2) is 8.99.